The molecule has 2 aromatic rings. The lowest BCUT2D eigenvalue weighted by Gasteiger charge is -2.33. The summed E-state index contributed by atoms with van der Waals surface area (Å²) in [6, 6.07) is 2.96. The highest BCUT2D eigenvalue weighted by molar-refractivity contribution is 7.91. The summed E-state index contributed by atoms with van der Waals surface area (Å²) in [5, 5.41) is 15.7. The van der Waals surface area contributed by atoms with Gasteiger partial charge < -0.3 is 20.5 Å². The van der Waals surface area contributed by atoms with E-state index < -0.39 is 32.4 Å². The van der Waals surface area contributed by atoms with Crippen LogP contribution in [0.3, 0.4) is 0 Å². The standard InChI is InChI=1S/C25H34N4O6S/c1-24(2,3)35-23(32)27-14-9-5-8-13-26-20-10-6-7-12-25(20,4)36(33,34)29-15-11-18-16-19(22(30)31)17-28-21(18)29/h6-7,10-11,15-17,26H,5,8-9,12-14H2,1-4H3,(H,27,32)(H,30,31). The van der Waals surface area contributed by atoms with Crippen LogP contribution in [0.15, 0.2) is 48.5 Å². The number of aromatic nitrogens is 2. The van der Waals surface area contributed by atoms with E-state index in [2.05, 4.69) is 15.6 Å². The summed E-state index contributed by atoms with van der Waals surface area (Å²) in [4.78, 5) is 27.1. The van der Waals surface area contributed by atoms with Crippen molar-refractivity contribution in [2.75, 3.05) is 13.1 Å². The number of aromatic carboxylic acids is 1. The van der Waals surface area contributed by atoms with Crippen LogP contribution in [0.5, 0.6) is 0 Å². The summed E-state index contributed by atoms with van der Waals surface area (Å²) in [7, 11) is -3.94. The Hall–Kier alpha value is -3.34. The van der Waals surface area contributed by atoms with Crippen LogP contribution in [0, 0.1) is 0 Å². The number of carboxylic acids is 1. The number of pyridine rings is 1. The average molecular weight is 519 g/mol. The number of nitrogens with zero attached hydrogens (tertiary/aromatic N) is 2. The van der Waals surface area contributed by atoms with Crippen LogP contribution in [0.2, 0.25) is 0 Å². The highest BCUT2D eigenvalue weighted by Crippen LogP contribution is 2.35. The number of carbonyl (C=O) groups is 2. The average Bonchev–Trinajstić information content (AvgIpc) is 3.22. The highest BCUT2D eigenvalue weighted by Gasteiger charge is 2.44. The van der Waals surface area contributed by atoms with Crippen LogP contribution >= 0.6 is 0 Å². The van der Waals surface area contributed by atoms with Crippen molar-refractivity contribution in [1.82, 2.24) is 19.6 Å². The topological polar surface area (TPSA) is 140 Å². The molecule has 0 radical (unpaired) electrons. The molecule has 2 aromatic heterocycles. The molecule has 0 aromatic carbocycles. The second kappa shape index (κ2) is 10.7. The number of alkyl carbamates (subject to hydrolysis) is 1. The smallest absolute Gasteiger partial charge is 0.407 e. The molecule has 2 heterocycles. The Morgan fingerprint density at radius 2 is 1.94 bits per heavy atom. The Kier molecular flexibility index (Phi) is 8.12. The van der Waals surface area contributed by atoms with Gasteiger partial charge in [0.15, 0.2) is 5.65 Å². The molecule has 0 aliphatic heterocycles. The van der Waals surface area contributed by atoms with E-state index in [1.165, 1.54) is 12.3 Å². The Balaban J connectivity index is 1.61. The lowest BCUT2D eigenvalue weighted by molar-refractivity contribution is 0.0526. The van der Waals surface area contributed by atoms with Gasteiger partial charge in [0.25, 0.3) is 10.0 Å². The summed E-state index contributed by atoms with van der Waals surface area (Å²) in [6.07, 6.45) is 10.2. The lowest BCUT2D eigenvalue weighted by Crippen LogP contribution is -2.46. The molecule has 36 heavy (non-hydrogen) atoms. The maximum atomic E-state index is 13.8. The first kappa shape index (κ1) is 27.3. The molecule has 3 rings (SSSR count). The zero-order valence-corrected chi connectivity index (χ0v) is 21.9. The molecule has 1 aliphatic rings. The zero-order valence-electron chi connectivity index (χ0n) is 21.1. The van der Waals surface area contributed by atoms with Crippen LogP contribution in [-0.2, 0) is 14.8 Å². The first-order chi connectivity index (χ1) is 16.8. The Labute approximate surface area is 211 Å². The molecule has 1 unspecified atom stereocenters. The minimum atomic E-state index is -3.94. The van der Waals surface area contributed by atoms with E-state index in [1.54, 1.807) is 19.1 Å². The van der Waals surface area contributed by atoms with Crippen molar-refractivity contribution in [3.63, 3.8) is 0 Å². The number of unbranched alkanes of at least 4 members (excludes halogenated alkanes) is 2. The SMILES string of the molecule is CC(C)(C)OC(=O)NCCCCCNC1=CC=CCC1(C)S(=O)(=O)n1ccc2cc(C(=O)O)cnc21. The maximum Gasteiger partial charge on any atom is 0.407 e. The van der Waals surface area contributed by atoms with Crippen molar-refractivity contribution in [2.45, 2.75) is 63.7 Å². The Morgan fingerprint density at radius 3 is 2.64 bits per heavy atom. The van der Waals surface area contributed by atoms with Gasteiger partial charge >= 0.3 is 12.1 Å². The zero-order chi connectivity index (χ0) is 26.6. The fourth-order valence-corrected chi connectivity index (χ4v) is 5.68. The first-order valence-electron chi connectivity index (χ1n) is 11.9. The number of rotatable bonds is 10. The predicted octanol–water partition coefficient (Wildman–Crippen LogP) is 3.80. The Bertz CT molecular complexity index is 1290. The van der Waals surface area contributed by atoms with E-state index in [4.69, 9.17) is 4.74 Å². The van der Waals surface area contributed by atoms with E-state index in [1.807, 2.05) is 32.9 Å². The van der Waals surface area contributed by atoms with Crippen molar-refractivity contribution >= 4 is 33.1 Å². The fourth-order valence-electron chi connectivity index (χ4n) is 3.92. The van der Waals surface area contributed by atoms with Gasteiger partial charge in [-0.15, -0.1) is 0 Å². The van der Waals surface area contributed by atoms with E-state index in [9.17, 15) is 23.1 Å². The summed E-state index contributed by atoms with van der Waals surface area (Å²) < 4.78 is 32.7. The molecule has 0 saturated heterocycles. The molecule has 0 saturated carbocycles. The van der Waals surface area contributed by atoms with Crippen LogP contribution in [0.1, 0.15) is 63.7 Å². The largest absolute Gasteiger partial charge is 0.478 e. The molecule has 11 heteroatoms. The molecule has 0 bridgehead atoms. The quantitative estimate of drug-likeness (QED) is 0.404. The van der Waals surface area contributed by atoms with Crippen LogP contribution in [0.4, 0.5) is 4.79 Å². The molecule has 10 nitrogen and oxygen atoms in total. The van der Waals surface area contributed by atoms with Crippen molar-refractivity contribution in [1.29, 1.82) is 0 Å². The molecule has 1 aliphatic carbocycles. The molecular weight excluding hydrogens is 484 g/mol. The van der Waals surface area contributed by atoms with E-state index in [0.29, 0.717) is 24.2 Å². The molecular formula is C25H34N4O6S. The van der Waals surface area contributed by atoms with Crippen molar-refractivity contribution in [2.24, 2.45) is 0 Å². The van der Waals surface area contributed by atoms with Gasteiger partial charge in [0.05, 0.1) is 5.56 Å². The number of nitrogens with one attached hydrogen (secondary N) is 2. The minimum absolute atomic E-state index is 0.00648. The second-order valence-corrected chi connectivity index (χ2v) is 12.2. The number of amides is 1. The summed E-state index contributed by atoms with van der Waals surface area (Å²) in [5.74, 6) is -1.13. The molecule has 1 amide bonds. The van der Waals surface area contributed by atoms with Gasteiger partial charge in [-0.3, -0.25) is 0 Å². The number of allylic oxidation sites excluding steroid dienone is 3. The normalized spacial score (nSPS) is 18.1. The number of ether oxygens (including phenoxy) is 1. The van der Waals surface area contributed by atoms with Gasteiger partial charge in [-0.1, -0.05) is 12.2 Å². The third-order valence-electron chi connectivity index (χ3n) is 5.88. The number of carbonyl (C=O) groups excluding carboxylic acids is 1. The fraction of sp³-hybridized carbons (Fsp3) is 0.480. The van der Waals surface area contributed by atoms with Crippen molar-refractivity contribution < 1.29 is 27.9 Å². The summed E-state index contributed by atoms with van der Waals surface area (Å²) in [5.41, 5.74) is 0.231. The summed E-state index contributed by atoms with van der Waals surface area (Å²) in [6.45, 7) is 8.18. The molecule has 196 valence electrons. The Morgan fingerprint density at radius 1 is 1.22 bits per heavy atom. The monoisotopic (exact) mass is 518 g/mol. The lowest BCUT2D eigenvalue weighted by atomic mass is 9.97. The van der Waals surface area contributed by atoms with E-state index in [-0.39, 0.29) is 17.6 Å². The number of carboxylic acid groups (broad SMARTS) is 1. The molecule has 3 N–H and O–H groups in total. The highest BCUT2D eigenvalue weighted by atomic mass is 32.2. The predicted molar refractivity (Wildman–Crippen MR) is 137 cm³/mol. The van der Waals surface area contributed by atoms with Crippen LogP contribution < -0.4 is 10.6 Å². The van der Waals surface area contributed by atoms with Crippen molar-refractivity contribution in [3.05, 3.63) is 54.0 Å². The van der Waals surface area contributed by atoms with Gasteiger partial charge in [0, 0.05) is 36.6 Å². The molecule has 0 spiro atoms. The van der Waals surface area contributed by atoms with Crippen molar-refractivity contribution in [3.8, 4) is 0 Å². The van der Waals surface area contributed by atoms with Gasteiger partial charge in [0.2, 0.25) is 0 Å². The van der Waals surface area contributed by atoms with E-state index in [0.717, 1.165) is 29.4 Å². The van der Waals surface area contributed by atoms with Gasteiger partial charge in [-0.05, 0) is 71.6 Å². The van der Waals surface area contributed by atoms with Gasteiger partial charge in [-0.2, -0.15) is 0 Å². The summed E-state index contributed by atoms with van der Waals surface area (Å²) >= 11 is 0. The third-order valence-corrected chi connectivity index (χ3v) is 8.22. The second-order valence-electron chi connectivity index (χ2n) is 9.92. The maximum absolute atomic E-state index is 13.8. The number of hydrogen-bond donors (Lipinski definition) is 3. The van der Waals surface area contributed by atoms with Gasteiger partial charge in [0.1, 0.15) is 10.3 Å². The van der Waals surface area contributed by atoms with E-state index >= 15 is 0 Å². The van der Waals surface area contributed by atoms with Gasteiger partial charge in [-0.25, -0.2) is 27.0 Å². The van der Waals surface area contributed by atoms with Crippen LogP contribution in [-0.4, -0.2) is 58.0 Å². The molecule has 0 fully saturated rings. The molecule has 1 atom stereocenters. The number of hydrogen-bond acceptors (Lipinski definition) is 7. The van der Waals surface area contributed by atoms with Crippen LogP contribution in [0.25, 0.3) is 11.0 Å². The number of fused-ring (bicyclic) bond motifs is 1. The first-order valence-corrected chi connectivity index (χ1v) is 13.3. The minimum Gasteiger partial charge on any atom is -0.478 e. The third kappa shape index (κ3) is 6.07.